The van der Waals surface area contributed by atoms with Gasteiger partial charge in [0.25, 0.3) is 0 Å². The summed E-state index contributed by atoms with van der Waals surface area (Å²) in [7, 11) is 0. The quantitative estimate of drug-likeness (QED) is 0.601. The summed E-state index contributed by atoms with van der Waals surface area (Å²) in [5, 5.41) is 10.8. The molecule has 4 unspecified atom stereocenters. The van der Waals surface area contributed by atoms with E-state index >= 15 is 0 Å². The normalized spacial score (nSPS) is 25.3. The first kappa shape index (κ1) is 19.8. The highest BCUT2D eigenvalue weighted by Crippen LogP contribution is 2.49. The SMILES string of the molecule is Cc1ccc(C2C3C(NNC3c3c(C)cc(C)cc3O)C(=O)N2Cc2ccco2)cc1. The summed E-state index contributed by atoms with van der Waals surface area (Å²) in [4.78, 5) is 15.4. The predicted octanol–water partition coefficient (Wildman–Crippen LogP) is 3.83. The first-order valence-electron chi connectivity index (χ1n) is 10.6. The molecule has 2 saturated heterocycles. The Labute approximate surface area is 181 Å². The summed E-state index contributed by atoms with van der Waals surface area (Å²) in [6, 6.07) is 15.2. The van der Waals surface area contributed by atoms with Crippen molar-refractivity contribution >= 4 is 5.91 Å². The standard InChI is InChI=1S/C25H27N3O3/c1-14-6-8-17(9-7-14)24-21-22(20-16(3)11-15(2)12-19(20)29)26-27-23(21)25(30)28(24)13-18-5-4-10-31-18/h4-12,21-24,26-27,29H,13H2,1-3H3. The second-order valence-electron chi connectivity index (χ2n) is 8.74. The van der Waals surface area contributed by atoms with Crippen LogP contribution < -0.4 is 10.9 Å². The van der Waals surface area contributed by atoms with Crippen LogP contribution in [-0.2, 0) is 11.3 Å². The van der Waals surface area contributed by atoms with Crippen molar-refractivity contribution in [3.05, 3.63) is 88.4 Å². The van der Waals surface area contributed by atoms with Crippen LogP contribution in [0.5, 0.6) is 5.75 Å². The number of rotatable bonds is 4. The fraction of sp³-hybridized carbons (Fsp3) is 0.320. The Kier molecular flexibility index (Phi) is 4.84. The topological polar surface area (TPSA) is 77.7 Å². The molecule has 2 aromatic carbocycles. The number of aromatic hydroxyl groups is 1. The molecule has 0 bridgehead atoms. The third kappa shape index (κ3) is 3.32. The number of furan rings is 1. The maximum atomic E-state index is 13.5. The number of carbonyl (C=O) groups is 1. The fourth-order valence-electron chi connectivity index (χ4n) is 5.22. The van der Waals surface area contributed by atoms with E-state index < -0.39 is 0 Å². The van der Waals surface area contributed by atoms with Gasteiger partial charge in [-0.05, 0) is 55.7 Å². The fourth-order valence-corrected chi connectivity index (χ4v) is 5.22. The Morgan fingerprint density at radius 3 is 2.42 bits per heavy atom. The average Bonchev–Trinajstić information content (AvgIpc) is 3.43. The second-order valence-corrected chi connectivity index (χ2v) is 8.74. The molecule has 6 heteroatoms. The third-order valence-electron chi connectivity index (χ3n) is 6.56. The highest BCUT2D eigenvalue weighted by Gasteiger charge is 2.56. The molecule has 0 spiro atoms. The van der Waals surface area contributed by atoms with Gasteiger partial charge in [0.05, 0.1) is 24.9 Å². The van der Waals surface area contributed by atoms with Gasteiger partial charge in [0.15, 0.2) is 0 Å². The lowest BCUT2D eigenvalue weighted by molar-refractivity contribution is -0.131. The number of hydrazine groups is 1. The van der Waals surface area contributed by atoms with Crippen molar-refractivity contribution in [3.63, 3.8) is 0 Å². The number of amides is 1. The molecule has 2 aliphatic heterocycles. The Bertz CT molecular complexity index is 1080. The van der Waals surface area contributed by atoms with Gasteiger partial charge in [-0.15, -0.1) is 0 Å². The molecule has 6 nitrogen and oxygen atoms in total. The molecule has 3 aromatic rings. The van der Waals surface area contributed by atoms with Crippen LogP contribution in [-0.4, -0.2) is 22.0 Å². The van der Waals surface area contributed by atoms with E-state index in [9.17, 15) is 9.90 Å². The van der Waals surface area contributed by atoms with E-state index in [1.165, 1.54) is 5.56 Å². The second kappa shape index (κ2) is 7.55. The largest absolute Gasteiger partial charge is 0.508 e. The number of hydrogen-bond donors (Lipinski definition) is 3. The number of hydrogen-bond acceptors (Lipinski definition) is 5. The summed E-state index contributed by atoms with van der Waals surface area (Å²) in [6.07, 6.45) is 1.63. The first-order chi connectivity index (χ1) is 14.9. The lowest BCUT2D eigenvalue weighted by Gasteiger charge is -2.31. The molecule has 2 fully saturated rings. The number of phenols is 1. The van der Waals surface area contributed by atoms with E-state index in [1.54, 1.807) is 12.3 Å². The summed E-state index contributed by atoms with van der Waals surface area (Å²) in [6.45, 7) is 6.45. The van der Waals surface area contributed by atoms with E-state index in [-0.39, 0.29) is 35.7 Å². The van der Waals surface area contributed by atoms with Crippen LogP contribution in [0.4, 0.5) is 0 Å². The highest BCUT2D eigenvalue weighted by molar-refractivity contribution is 5.86. The maximum Gasteiger partial charge on any atom is 0.242 e. The van der Waals surface area contributed by atoms with Crippen molar-refractivity contribution in [1.29, 1.82) is 0 Å². The van der Waals surface area contributed by atoms with Gasteiger partial charge in [0.1, 0.15) is 17.6 Å². The first-order valence-corrected chi connectivity index (χ1v) is 10.6. The van der Waals surface area contributed by atoms with E-state index in [4.69, 9.17) is 4.42 Å². The summed E-state index contributed by atoms with van der Waals surface area (Å²) >= 11 is 0. The summed E-state index contributed by atoms with van der Waals surface area (Å²) in [5.41, 5.74) is 11.7. The van der Waals surface area contributed by atoms with Crippen LogP contribution in [0.3, 0.4) is 0 Å². The smallest absolute Gasteiger partial charge is 0.242 e. The zero-order valence-electron chi connectivity index (χ0n) is 17.9. The molecule has 0 radical (unpaired) electrons. The molecule has 1 amide bonds. The molecule has 3 heterocycles. The Balaban J connectivity index is 1.60. The minimum absolute atomic E-state index is 0.0335. The van der Waals surface area contributed by atoms with Crippen LogP contribution >= 0.6 is 0 Å². The van der Waals surface area contributed by atoms with Gasteiger partial charge in [0, 0.05) is 11.5 Å². The number of nitrogens with zero attached hydrogens (tertiary/aromatic N) is 1. The van der Waals surface area contributed by atoms with Crippen molar-refractivity contribution in [2.75, 3.05) is 0 Å². The van der Waals surface area contributed by atoms with Gasteiger partial charge in [-0.25, -0.2) is 10.9 Å². The van der Waals surface area contributed by atoms with Crippen molar-refractivity contribution in [2.24, 2.45) is 5.92 Å². The van der Waals surface area contributed by atoms with Crippen molar-refractivity contribution < 1.29 is 14.3 Å². The van der Waals surface area contributed by atoms with Gasteiger partial charge in [-0.3, -0.25) is 4.79 Å². The van der Waals surface area contributed by atoms with Gasteiger partial charge < -0.3 is 14.4 Å². The number of likely N-dealkylation sites (tertiary alicyclic amines) is 1. The molecule has 3 N–H and O–H groups in total. The lowest BCUT2D eigenvalue weighted by atomic mass is 9.81. The number of fused-ring (bicyclic) bond motifs is 1. The number of benzene rings is 2. The van der Waals surface area contributed by atoms with Gasteiger partial charge in [-0.1, -0.05) is 35.9 Å². The maximum absolute atomic E-state index is 13.5. The molecule has 1 aromatic heterocycles. The molecular weight excluding hydrogens is 390 g/mol. The lowest BCUT2D eigenvalue weighted by Crippen LogP contribution is -2.41. The van der Waals surface area contributed by atoms with Gasteiger partial charge >= 0.3 is 0 Å². The van der Waals surface area contributed by atoms with Crippen LogP contribution in [0, 0.1) is 26.7 Å². The highest BCUT2D eigenvalue weighted by atomic mass is 16.3. The zero-order chi connectivity index (χ0) is 21.7. The van der Waals surface area contributed by atoms with Crippen molar-refractivity contribution in [1.82, 2.24) is 15.8 Å². The molecule has 4 atom stereocenters. The van der Waals surface area contributed by atoms with Crippen LogP contribution in [0.25, 0.3) is 0 Å². The van der Waals surface area contributed by atoms with Gasteiger partial charge in [0.2, 0.25) is 5.91 Å². The predicted molar refractivity (Wildman–Crippen MR) is 117 cm³/mol. The summed E-state index contributed by atoms with van der Waals surface area (Å²) in [5.74, 6) is 0.963. The minimum Gasteiger partial charge on any atom is -0.508 e. The van der Waals surface area contributed by atoms with Crippen molar-refractivity contribution in [3.8, 4) is 5.75 Å². The van der Waals surface area contributed by atoms with Crippen LogP contribution in [0.2, 0.25) is 0 Å². The zero-order valence-corrected chi connectivity index (χ0v) is 17.9. The van der Waals surface area contributed by atoms with Crippen molar-refractivity contribution in [2.45, 2.75) is 45.4 Å². The summed E-state index contributed by atoms with van der Waals surface area (Å²) < 4.78 is 5.56. The third-order valence-corrected chi connectivity index (χ3v) is 6.56. The van der Waals surface area contributed by atoms with E-state index in [0.29, 0.717) is 6.54 Å². The molecule has 0 saturated carbocycles. The molecule has 160 valence electrons. The van der Waals surface area contributed by atoms with Gasteiger partial charge in [-0.2, -0.15) is 0 Å². The van der Waals surface area contributed by atoms with Crippen LogP contribution in [0.15, 0.2) is 59.2 Å². The molecule has 5 rings (SSSR count). The average molecular weight is 418 g/mol. The number of aryl methyl sites for hydroxylation is 3. The van der Waals surface area contributed by atoms with E-state index in [0.717, 1.165) is 28.0 Å². The molecule has 2 aliphatic rings. The molecule has 0 aliphatic carbocycles. The Hall–Kier alpha value is -3.09. The Morgan fingerprint density at radius 1 is 1.00 bits per heavy atom. The number of carbonyl (C=O) groups excluding carboxylic acids is 1. The molecule has 31 heavy (non-hydrogen) atoms. The minimum atomic E-state index is -0.383. The number of phenolic OH excluding ortho intramolecular Hbond substituents is 1. The number of nitrogens with one attached hydrogen (secondary N) is 2. The van der Waals surface area contributed by atoms with Crippen LogP contribution in [0.1, 0.15) is 45.7 Å². The van der Waals surface area contributed by atoms with E-state index in [1.807, 2.05) is 30.9 Å². The molecular formula is C25H27N3O3. The Morgan fingerprint density at radius 2 is 1.74 bits per heavy atom. The monoisotopic (exact) mass is 417 g/mol. The van der Waals surface area contributed by atoms with E-state index in [2.05, 4.69) is 48.1 Å².